The van der Waals surface area contributed by atoms with Gasteiger partial charge in [-0.15, -0.1) is 5.10 Å². The number of rotatable bonds is 24. The lowest BCUT2D eigenvalue weighted by Crippen LogP contribution is -2.31. The van der Waals surface area contributed by atoms with Crippen LogP contribution < -0.4 is 16.0 Å². The molecule has 1 rings (SSSR count). The monoisotopic (exact) mass is 514 g/mol. The van der Waals surface area contributed by atoms with Crippen LogP contribution in [0.25, 0.3) is 0 Å². The van der Waals surface area contributed by atoms with Gasteiger partial charge in [0.2, 0.25) is 11.8 Å². The minimum Gasteiger partial charge on any atom is -0.377 e. The number of carbonyl (C=O) groups excluding carboxylic acids is 3. The third-order valence-corrected chi connectivity index (χ3v) is 5.05. The van der Waals surface area contributed by atoms with Crippen LogP contribution in [0.4, 0.5) is 0 Å². The first-order valence-electron chi connectivity index (χ1n) is 12.4. The first-order chi connectivity index (χ1) is 17.6. The van der Waals surface area contributed by atoms with E-state index in [0.717, 1.165) is 37.8 Å². The summed E-state index contributed by atoms with van der Waals surface area (Å²) in [5, 5.41) is 16.4. The number of nitrogens with one attached hydrogen (secondary N) is 3. The lowest BCUT2D eigenvalue weighted by atomic mass is 10.1. The fourth-order valence-corrected chi connectivity index (χ4v) is 2.97. The smallest absolute Gasteiger partial charge is 0.246 e. The van der Waals surface area contributed by atoms with Gasteiger partial charge < -0.3 is 39.7 Å². The summed E-state index contributed by atoms with van der Waals surface area (Å²) < 4.78 is 23.4. The first-order valence-corrected chi connectivity index (χ1v) is 12.4. The van der Waals surface area contributed by atoms with Gasteiger partial charge in [-0.3, -0.25) is 9.59 Å². The standard InChI is InChI=1S/C23H42N6O7/c1-3-22(31)25-7-10-33-13-15-36-19-23(32)26-8-11-34-12-14-35-18-21-16-27-28-29(21)9-5-4-6-20(17-30)24-2/h16-17,20,24H,3-15,18-19H2,1-2H3,(H,25,31)(H,26,32). The molecule has 36 heavy (non-hydrogen) atoms. The molecule has 0 saturated heterocycles. The number of amides is 2. The van der Waals surface area contributed by atoms with E-state index in [1.165, 1.54) is 0 Å². The summed E-state index contributed by atoms with van der Waals surface area (Å²) in [4.78, 5) is 33.6. The normalized spacial score (nSPS) is 11.8. The summed E-state index contributed by atoms with van der Waals surface area (Å²) >= 11 is 0. The third kappa shape index (κ3) is 16.3. The van der Waals surface area contributed by atoms with Crippen LogP contribution in [0, 0.1) is 0 Å². The lowest BCUT2D eigenvalue weighted by Gasteiger charge is -2.10. The molecule has 0 radical (unpaired) electrons. The fourth-order valence-electron chi connectivity index (χ4n) is 2.97. The molecule has 0 saturated carbocycles. The maximum Gasteiger partial charge on any atom is 0.246 e. The van der Waals surface area contributed by atoms with Gasteiger partial charge in [0, 0.05) is 26.1 Å². The van der Waals surface area contributed by atoms with E-state index in [4.69, 9.17) is 18.9 Å². The molecule has 0 aliphatic rings. The van der Waals surface area contributed by atoms with Crippen LogP contribution in [0.1, 0.15) is 38.3 Å². The number of carbonyl (C=O) groups is 3. The van der Waals surface area contributed by atoms with Crippen molar-refractivity contribution in [2.24, 2.45) is 0 Å². The lowest BCUT2D eigenvalue weighted by molar-refractivity contribution is -0.126. The van der Waals surface area contributed by atoms with E-state index in [2.05, 4.69) is 26.3 Å². The van der Waals surface area contributed by atoms with Crippen LogP contribution in [0.3, 0.4) is 0 Å². The molecule has 3 N–H and O–H groups in total. The number of nitrogens with zero attached hydrogens (tertiary/aromatic N) is 3. The molecule has 206 valence electrons. The molecule has 2 amide bonds. The quantitative estimate of drug-likeness (QED) is 0.121. The van der Waals surface area contributed by atoms with Crippen LogP contribution in [-0.4, -0.2) is 106 Å². The van der Waals surface area contributed by atoms with Crippen molar-refractivity contribution in [2.75, 3.05) is 66.4 Å². The van der Waals surface area contributed by atoms with Gasteiger partial charge in [0.25, 0.3) is 0 Å². The Hall–Kier alpha value is -2.45. The van der Waals surface area contributed by atoms with Crippen molar-refractivity contribution in [1.29, 1.82) is 0 Å². The highest BCUT2D eigenvalue weighted by molar-refractivity contribution is 5.77. The Morgan fingerprint density at radius 1 is 0.972 bits per heavy atom. The third-order valence-electron chi connectivity index (χ3n) is 5.05. The minimum absolute atomic E-state index is 0.0113. The number of hydrogen-bond acceptors (Lipinski definition) is 10. The second kappa shape index (κ2) is 21.8. The Kier molecular flexibility index (Phi) is 19.1. The van der Waals surface area contributed by atoms with Gasteiger partial charge >= 0.3 is 0 Å². The van der Waals surface area contributed by atoms with Crippen molar-refractivity contribution in [1.82, 2.24) is 30.9 Å². The molecule has 1 aromatic heterocycles. The Balaban J connectivity index is 1.93. The maximum absolute atomic E-state index is 11.7. The van der Waals surface area contributed by atoms with E-state index in [0.29, 0.717) is 65.8 Å². The number of hydrogen-bond donors (Lipinski definition) is 3. The fraction of sp³-hybridized carbons (Fsp3) is 0.783. The molecular weight excluding hydrogens is 472 g/mol. The van der Waals surface area contributed by atoms with Crippen LogP contribution in [0.2, 0.25) is 0 Å². The summed E-state index contributed by atoms with van der Waals surface area (Å²) in [6.45, 7) is 5.93. The number of ether oxygens (including phenoxy) is 4. The molecule has 1 heterocycles. The molecule has 1 aromatic rings. The SMILES string of the molecule is CCC(=O)NCCOCCOCC(=O)NCCOCCOCc1cnnn1CCCCC(C=O)NC. The summed E-state index contributed by atoms with van der Waals surface area (Å²) in [5.41, 5.74) is 0.886. The predicted molar refractivity (Wildman–Crippen MR) is 131 cm³/mol. The molecule has 13 nitrogen and oxygen atoms in total. The van der Waals surface area contributed by atoms with Gasteiger partial charge in [-0.2, -0.15) is 0 Å². The summed E-state index contributed by atoms with van der Waals surface area (Å²) in [6, 6.07) is -0.103. The van der Waals surface area contributed by atoms with E-state index in [9.17, 15) is 14.4 Å². The van der Waals surface area contributed by atoms with Crippen molar-refractivity contribution in [2.45, 2.75) is 51.8 Å². The first kappa shape index (κ1) is 31.6. The highest BCUT2D eigenvalue weighted by atomic mass is 16.5. The summed E-state index contributed by atoms with van der Waals surface area (Å²) in [7, 11) is 1.78. The van der Waals surface area contributed by atoms with Crippen LogP contribution in [-0.2, 0) is 46.5 Å². The number of aromatic nitrogens is 3. The van der Waals surface area contributed by atoms with Gasteiger partial charge in [0.05, 0.1) is 64.2 Å². The molecule has 0 bridgehead atoms. The van der Waals surface area contributed by atoms with Gasteiger partial charge in [-0.05, 0) is 26.3 Å². The molecule has 0 aliphatic carbocycles. The molecule has 0 fully saturated rings. The van der Waals surface area contributed by atoms with Gasteiger partial charge in [0.1, 0.15) is 12.9 Å². The Bertz CT molecular complexity index is 719. The van der Waals surface area contributed by atoms with Crippen LogP contribution >= 0.6 is 0 Å². The Morgan fingerprint density at radius 2 is 1.64 bits per heavy atom. The van der Waals surface area contributed by atoms with Crippen LogP contribution in [0.5, 0.6) is 0 Å². The molecule has 0 spiro atoms. The maximum atomic E-state index is 11.7. The van der Waals surface area contributed by atoms with Crippen molar-refractivity contribution in [3.05, 3.63) is 11.9 Å². The average molecular weight is 515 g/mol. The molecule has 13 heteroatoms. The second-order valence-corrected chi connectivity index (χ2v) is 7.86. The van der Waals surface area contributed by atoms with Crippen molar-refractivity contribution in [3.63, 3.8) is 0 Å². The second-order valence-electron chi connectivity index (χ2n) is 7.86. The zero-order valence-electron chi connectivity index (χ0n) is 21.5. The van der Waals surface area contributed by atoms with Gasteiger partial charge in [0.15, 0.2) is 0 Å². The van der Waals surface area contributed by atoms with Crippen molar-refractivity contribution >= 4 is 18.1 Å². The average Bonchev–Trinajstić information content (AvgIpc) is 3.34. The molecule has 0 aliphatic heterocycles. The predicted octanol–water partition coefficient (Wildman–Crippen LogP) is -0.556. The zero-order chi connectivity index (χ0) is 26.3. The number of unbranched alkanes of at least 4 members (excludes halogenated alkanes) is 1. The molecular formula is C23H42N6O7. The summed E-state index contributed by atoms with van der Waals surface area (Å²) in [5.74, 6) is -0.235. The van der Waals surface area contributed by atoms with E-state index >= 15 is 0 Å². The van der Waals surface area contributed by atoms with E-state index in [-0.39, 0.29) is 24.5 Å². The Labute approximate surface area is 212 Å². The molecule has 1 unspecified atom stereocenters. The molecule has 0 aromatic carbocycles. The highest BCUT2D eigenvalue weighted by Crippen LogP contribution is 2.05. The molecule has 1 atom stereocenters. The number of aryl methyl sites for hydroxylation is 1. The van der Waals surface area contributed by atoms with Crippen molar-refractivity contribution in [3.8, 4) is 0 Å². The van der Waals surface area contributed by atoms with E-state index < -0.39 is 0 Å². The highest BCUT2D eigenvalue weighted by Gasteiger charge is 2.07. The minimum atomic E-state index is -0.224. The van der Waals surface area contributed by atoms with E-state index in [1.807, 2.05) is 4.68 Å². The largest absolute Gasteiger partial charge is 0.377 e. The summed E-state index contributed by atoms with van der Waals surface area (Å²) in [6.07, 6.45) is 5.67. The van der Waals surface area contributed by atoms with Gasteiger partial charge in [-0.1, -0.05) is 12.1 Å². The number of aldehydes is 1. The Morgan fingerprint density at radius 3 is 2.31 bits per heavy atom. The van der Waals surface area contributed by atoms with Crippen molar-refractivity contribution < 1.29 is 33.3 Å². The van der Waals surface area contributed by atoms with E-state index in [1.54, 1.807) is 20.2 Å². The van der Waals surface area contributed by atoms with Gasteiger partial charge in [-0.25, -0.2) is 4.68 Å². The number of likely N-dealkylation sites (N-methyl/N-ethyl adjacent to an activating group) is 1. The van der Waals surface area contributed by atoms with Crippen LogP contribution in [0.15, 0.2) is 6.20 Å². The topological polar surface area (TPSA) is 155 Å². The zero-order valence-corrected chi connectivity index (χ0v) is 21.5.